The fourth-order valence-electron chi connectivity index (χ4n) is 2.13. The molecule has 1 aliphatic heterocycles. The molecule has 0 aromatic carbocycles. The molecule has 0 spiro atoms. The minimum atomic E-state index is -0.223. The Balaban J connectivity index is 2.16. The molecule has 0 amide bonds. The smallest absolute Gasteiger partial charge is 0.314 e. The molecule has 2 rings (SSSR count). The Morgan fingerprint density at radius 1 is 1.56 bits per heavy atom. The Hall–Kier alpha value is -1.16. The van der Waals surface area contributed by atoms with Crippen LogP contribution < -0.4 is 11.0 Å². The van der Waals surface area contributed by atoms with Gasteiger partial charge in [-0.1, -0.05) is 13.8 Å². The van der Waals surface area contributed by atoms with E-state index in [4.69, 9.17) is 0 Å². The van der Waals surface area contributed by atoms with Gasteiger partial charge < -0.3 is 10.3 Å². The Morgan fingerprint density at radius 3 is 3.00 bits per heavy atom. The molecule has 88 valence electrons. The van der Waals surface area contributed by atoms with Crippen LogP contribution in [0.5, 0.6) is 0 Å². The molecule has 2 heterocycles. The summed E-state index contributed by atoms with van der Waals surface area (Å²) in [6.45, 7) is 5.20. The number of rotatable bonds is 3. The molecule has 0 radical (unpaired) electrons. The van der Waals surface area contributed by atoms with Gasteiger partial charge in [0.1, 0.15) is 0 Å². The zero-order valence-corrected chi connectivity index (χ0v) is 9.92. The number of nitrogens with one attached hydrogen (secondary N) is 2. The maximum atomic E-state index is 11.4. The molecule has 0 bridgehead atoms. The van der Waals surface area contributed by atoms with Crippen LogP contribution in [-0.4, -0.2) is 22.6 Å². The second kappa shape index (κ2) is 4.78. The standard InChI is InChI=1S/C12H19N3O/c1-8(2)11-7-10(14-12(16)15-11)6-9-4-3-5-13-9/h7-9,13H,3-6H2,1-2H3,(H,14,15,16). The van der Waals surface area contributed by atoms with Gasteiger partial charge in [0.05, 0.1) is 5.69 Å². The van der Waals surface area contributed by atoms with E-state index in [2.05, 4.69) is 29.1 Å². The summed E-state index contributed by atoms with van der Waals surface area (Å²) in [6, 6.07) is 2.53. The van der Waals surface area contributed by atoms with Gasteiger partial charge in [0.15, 0.2) is 0 Å². The van der Waals surface area contributed by atoms with Gasteiger partial charge in [0.2, 0.25) is 0 Å². The van der Waals surface area contributed by atoms with Crippen molar-refractivity contribution in [3.8, 4) is 0 Å². The zero-order valence-electron chi connectivity index (χ0n) is 9.92. The van der Waals surface area contributed by atoms with E-state index in [0.717, 1.165) is 24.4 Å². The fourth-order valence-corrected chi connectivity index (χ4v) is 2.13. The van der Waals surface area contributed by atoms with Gasteiger partial charge in [-0.15, -0.1) is 0 Å². The van der Waals surface area contributed by atoms with Crippen molar-refractivity contribution >= 4 is 0 Å². The lowest BCUT2D eigenvalue weighted by Crippen LogP contribution is -2.26. The van der Waals surface area contributed by atoms with E-state index in [0.29, 0.717) is 12.0 Å². The molecule has 1 unspecified atom stereocenters. The molecule has 0 aliphatic carbocycles. The second-order valence-electron chi connectivity index (χ2n) is 4.79. The van der Waals surface area contributed by atoms with Gasteiger partial charge in [-0.25, -0.2) is 4.79 Å². The molecule has 4 nitrogen and oxygen atoms in total. The van der Waals surface area contributed by atoms with Gasteiger partial charge in [-0.05, 0) is 31.4 Å². The first-order chi connectivity index (χ1) is 7.65. The summed E-state index contributed by atoms with van der Waals surface area (Å²) in [7, 11) is 0. The maximum Gasteiger partial charge on any atom is 0.345 e. The quantitative estimate of drug-likeness (QED) is 0.806. The highest BCUT2D eigenvalue weighted by atomic mass is 16.1. The first-order valence-corrected chi connectivity index (χ1v) is 5.98. The van der Waals surface area contributed by atoms with Crippen molar-refractivity contribution < 1.29 is 0 Å². The van der Waals surface area contributed by atoms with E-state index in [1.807, 2.05) is 6.07 Å². The Kier molecular flexibility index (Phi) is 3.39. The predicted molar refractivity (Wildman–Crippen MR) is 63.7 cm³/mol. The van der Waals surface area contributed by atoms with Crippen LogP contribution in [0.3, 0.4) is 0 Å². The molecular weight excluding hydrogens is 202 g/mol. The van der Waals surface area contributed by atoms with Crippen molar-refractivity contribution in [1.29, 1.82) is 0 Å². The molecule has 1 aliphatic rings. The van der Waals surface area contributed by atoms with E-state index in [1.165, 1.54) is 12.8 Å². The number of nitrogens with zero attached hydrogens (tertiary/aromatic N) is 1. The third-order valence-corrected chi connectivity index (χ3v) is 3.04. The molecule has 1 atom stereocenters. The summed E-state index contributed by atoms with van der Waals surface area (Å²) in [5.74, 6) is 0.303. The van der Waals surface area contributed by atoms with E-state index in [9.17, 15) is 4.79 Å². The lowest BCUT2D eigenvalue weighted by Gasteiger charge is -2.11. The van der Waals surface area contributed by atoms with Gasteiger partial charge in [0.25, 0.3) is 0 Å². The van der Waals surface area contributed by atoms with E-state index in [1.54, 1.807) is 0 Å². The van der Waals surface area contributed by atoms with Crippen LogP contribution in [0.4, 0.5) is 0 Å². The first-order valence-electron chi connectivity index (χ1n) is 5.98. The molecule has 1 aromatic heterocycles. The summed E-state index contributed by atoms with van der Waals surface area (Å²) in [5, 5.41) is 3.43. The van der Waals surface area contributed by atoms with Gasteiger partial charge in [-0.2, -0.15) is 4.98 Å². The van der Waals surface area contributed by atoms with E-state index >= 15 is 0 Å². The second-order valence-corrected chi connectivity index (χ2v) is 4.79. The average molecular weight is 221 g/mol. The average Bonchev–Trinajstić information content (AvgIpc) is 2.69. The van der Waals surface area contributed by atoms with Crippen molar-refractivity contribution in [3.63, 3.8) is 0 Å². The number of hydrogen-bond donors (Lipinski definition) is 2. The topological polar surface area (TPSA) is 57.8 Å². The van der Waals surface area contributed by atoms with Crippen molar-refractivity contribution in [3.05, 3.63) is 27.9 Å². The summed E-state index contributed by atoms with van der Waals surface area (Å²) >= 11 is 0. The third-order valence-electron chi connectivity index (χ3n) is 3.04. The molecule has 1 fully saturated rings. The van der Waals surface area contributed by atoms with Crippen LogP contribution in [0, 0.1) is 0 Å². The van der Waals surface area contributed by atoms with Crippen molar-refractivity contribution in [1.82, 2.24) is 15.3 Å². The van der Waals surface area contributed by atoms with Crippen LogP contribution in [0.2, 0.25) is 0 Å². The molecule has 1 saturated heterocycles. The third kappa shape index (κ3) is 2.70. The highest BCUT2D eigenvalue weighted by Gasteiger charge is 2.15. The summed E-state index contributed by atoms with van der Waals surface area (Å²) in [4.78, 5) is 18.2. The largest absolute Gasteiger partial charge is 0.345 e. The van der Waals surface area contributed by atoms with Crippen LogP contribution in [0.25, 0.3) is 0 Å². The van der Waals surface area contributed by atoms with Crippen LogP contribution in [0.1, 0.15) is 44.0 Å². The number of aromatic nitrogens is 2. The van der Waals surface area contributed by atoms with Crippen molar-refractivity contribution in [2.75, 3.05) is 6.54 Å². The summed E-state index contributed by atoms with van der Waals surface area (Å²) < 4.78 is 0. The maximum absolute atomic E-state index is 11.4. The van der Waals surface area contributed by atoms with E-state index < -0.39 is 0 Å². The number of aromatic amines is 1. The SMILES string of the molecule is CC(C)c1cc(CC2CCCN2)[nH]c(=O)n1. The monoisotopic (exact) mass is 221 g/mol. The van der Waals surface area contributed by atoms with Crippen molar-refractivity contribution in [2.24, 2.45) is 0 Å². The number of hydrogen-bond acceptors (Lipinski definition) is 3. The fraction of sp³-hybridized carbons (Fsp3) is 0.667. The van der Waals surface area contributed by atoms with Gasteiger partial charge in [0, 0.05) is 18.2 Å². The predicted octanol–water partition coefficient (Wildman–Crippen LogP) is 1.19. The lowest BCUT2D eigenvalue weighted by molar-refractivity contribution is 0.591. The molecule has 1 aromatic rings. The molecule has 16 heavy (non-hydrogen) atoms. The highest BCUT2D eigenvalue weighted by Crippen LogP contribution is 2.13. The molecule has 2 N–H and O–H groups in total. The minimum absolute atomic E-state index is 0.223. The number of H-pyrrole nitrogens is 1. The first kappa shape index (κ1) is 11.3. The Morgan fingerprint density at radius 2 is 2.38 bits per heavy atom. The van der Waals surface area contributed by atoms with Gasteiger partial charge in [-0.3, -0.25) is 0 Å². The lowest BCUT2D eigenvalue weighted by atomic mass is 10.1. The highest BCUT2D eigenvalue weighted by molar-refractivity contribution is 5.12. The minimum Gasteiger partial charge on any atom is -0.314 e. The van der Waals surface area contributed by atoms with E-state index in [-0.39, 0.29) is 5.69 Å². The Bertz CT molecular complexity index is 405. The van der Waals surface area contributed by atoms with Crippen LogP contribution in [-0.2, 0) is 6.42 Å². The summed E-state index contributed by atoms with van der Waals surface area (Å²) in [6.07, 6.45) is 3.33. The van der Waals surface area contributed by atoms with Crippen molar-refractivity contribution in [2.45, 2.75) is 45.1 Å². The zero-order chi connectivity index (χ0) is 11.5. The van der Waals surface area contributed by atoms with Crippen LogP contribution >= 0.6 is 0 Å². The molecule has 0 saturated carbocycles. The summed E-state index contributed by atoms with van der Waals surface area (Å²) in [5.41, 5.74) is 1.67. The molecular formula is C12H19N3O. The normalized spacial score (nSPS) is 20.6. The van der Waals surface area contributed by atoms with Gasteiger partial charge >= 0.3 is 5.69 Å². The van der Waals surface area contributed by atoms with Crippen LogP contribution in [0.15, 0.2) is 10.9 Å². The molecule has 4 heteroatoms. The Labute approximate surface area is 95.5 Å².